The van der Waals surface area contributed by atoms with E-state index in [0.717, 1.165) is 27.8 Å². The van der Waals surface area contributed by atoms with E-state index in [1.807, 2.05) is 31.2 Å². The summed E-state index contributed by atoms with van der Waals surface area (Å²) < 4.78 is 31.5. The lowest BCUT2D eigenvalue weighted by Gasteiger charge is -2.33. The lowest BCUT2D eigenvalue weighted by atomic mass is 10.1. The maximum Gasteiger partial charge on any atom is 0.271 e. The number of ether oxygens (including phenoxy) is 1. The van der Waals surface area contributed by atoms with Crippen LogP contribution in [-0.4, -0.2) is 62.6 Å². The fraction of sp³-hybridized carbons (Fsp3) is 0.417. The molecule has 0 unspecified atom stereocenters. The van der Waals surface area contributed by atoms with E-state index in [1.165, 1.54) is 24.1 Å². The molecule has 0 fully saturated rings. The van der Waals surface area contributed by atoms with E-state index in [1.54, 1.807) is 13.8 Å². The molecule has 0 radical (unpaired) electrons. The van der Waals surface area contributed by atoms with Crippen LogP contribution in [0.1, 0.15) is 31.4 Å². The average molecular weight is 521 g/mol. The summed E-state index contributed by atoms with van der Waals surface area (Å²) in [6.07, 6.45) is 1.19. The first-order valence-corrected chi connectivity index (χ1v) is 13.2. The monoisotopic (exact) mass is 520 g/mol. The minimum absolute atomic E-state index is 0.0415. The SMILES string of the molecule is CCNC(=O)[C@H](CC)N(Cc1cccc(C)c1)C(=O)CN(c1cc([N+](=O)[O-])ccc1OC)S(C)(=O)=O. The summed E-state index contributed by atoms with van der Waals surface area (Å²) in [5, 5.41) is 14.1. The predicted octanol–water partition coefficient (Wildman–Crippen LogP) is 2.62. The number of nitrogens with zero attached hydrogens (tertiary/aromatic N) is 3. The number of nitro benzene ring substituents is 1. The van der Waals surface area contributed by atoms with Crippen LogP contribution in [0.25, 0.3) is 0 Å². The summed E-state index contributed by atoms with van der Waals surface area (Å²) in [7, 11) is -2.79. The Bertz CT molecular complexity index is 1220. The van der Waals surface area contributed by atoms with E-state index in [9.17, 15) is 28.1 Å². The van der Waals surface area contributed by atoms with Gasteiger partial charge >= 0.3 is 0 Å². The largest absolute Gasteiger partial charge is 0.495 e. The number of benzene rings is 2. The Morgan fingerprint density at radius 1 is 1.17 bits per heavy atom. The summed E-state index contributed by atoms with van der Waals surface area (Å²) in [6, 6.07) is 10.1. The van der Waals surface area contributed by atoms with Crippen molar-refractivity contribution in [1.29, 1.82) is 0 Å². The second kappa shape index (κ2) is 12.3. The summed E-state index contributed by atoms with van der Waals surface area (Å²) in [5.74, 6) is -0.965. The van der Waals surface area contributed by atoms with E-state index in [0.29, 0.717) is 13.0 Å². The van der Waals surface area contributed by atoms with Crippen molar-refractivity contribution < 1.29 is 27.7 Å². The number of hydrogen-bond acceptors (Lipinski definition) is 7. The highest BCUT2D eigenvalue weighted by Gasteiger charge is 2.33. The van der Waals surface area contributed by atoms with E-state index in [-0.39, 0.29) is 29.6 Å². The van der Waals surface area contributed by atoms with Crippen LogP contribution in [0, 0.1) is 17.0 Å². The zero-order valence-electron chi connectivity index (χ0n) is 21.1. The van der Waals surface area contributed by atoms with Gasteiger partial charge in [0.2, 0.25) is 21.8 Å². The highest BCUT2D eigenvalue weighted by atomic mass is 32.2. The molecule has 1 N–H and O–H groups in total. The molecule has 0 saturated heterocycles. The van der Waals surface area contributed by atoms with E-state index in [4.69, 9.17) is 4.74 Å². The second-order valence-electron chi connectivity index (χ2n) is 8.21. The Kier molecular flexibility index (Phi) is 9.79. The Balaban J connectivity index is 2.56. The zero-order valence-corrected chi connectivity index (χ0v) is 21.9. The number of nitrogens with one attached hydrogen (secondary N) is 1. The molecule has 0 aliphatic carbocycles. The van der Waals surface area contributed by atoms with Crippen LogP contribution >= 0.6 is 0 Å². The van der Waals surface area contributed by atoms with Crippen LogP contribution in [-0.2, 0) is 26.2 Å². The van der Waals surface area contributed by atoms with Gasteiger partial charge in [-0.05, 0) is 31.9 Å². The number of hydrogen-bond donors (Lipinski definition) is 1. The molecule has 0 aromatic heterocycles. The molecule has 11 nitrogen and oxygen atoms in total. The van der Waals surface area contributed by atoms with Gasteiger partial charge in [0.25, 0.3) is 5.69 Å². The van der Waals surface area contributed by atoms with Gasteiger partial charge in [-0.25, -0.2) is 8.42 Å². The standard InChI is InChI=1S/C24H32N4O7S/c1-6-20(24(30)25-7-2)26(15-18-10-8-9-17(3)13-18)23(29)16-27(36(5,33)34)21-14-19(28(31)32)11-12-22(21)35-4/h8-14,20H,6-7,15-16H2,1-5H3,(H,25,30)/t20-/m0/s1. The Hall–Kier alpha value is -3.67. The maximum absolute atomic E-state index is 13.7. The number of nitro groups is 1. The fourth-order valence-corrected chi connectivity index (χ4v) is 4.65. The first kappa shape index (κ1) is 28.6. The third kappa shape index (κ3) is 7.17. The van der Waals surface area contributed by atoms with Crippen molar-refractivity contribution >= 4 is 33.2 Å². The predicted molar refractivity (Wildman–Crippen MR) is 136 cm³/mol. The number of non-ortho nitro benzene ring substituents is 1. The smallest absolute Gasteiger partial charge is 0.271 e. The number of amides is 2. The van der Waals surface area contributed by atoms with Crippen molar-refractivity contribution in [2.75, 3.05) is 30.8 Å². The highest BCUT2D eigenvalue weighted by Crippen LogP contribution is 2.34. The molecule has 0 heterocycles. The van der Waals surface area contributed by atoms with Crippen LogP contribution in [0.4, 0.5) is 11.4 Å². The molecule has 2 amide bonds. The molecule has 36 heavy (non-hydrogen) atoms. The van der Waals surface area contributed by atoms with Gasteiger partial charge in [-0.2, -0.15) is 0 Å². The number of methoxy groups -OCH3 is 1. The molecule has 2 rings (SSSR count). The minimum atomic E-state index is -4.08. The molecule has 2 aromatic carbocycles. The zero-order chi connectivity index (χ0) is 27.0. The molecule has 0 aliphatic rings. The van der Waals surface area contributed by atoms with Gasteiger partial charge in [0.05, 0.1) is 18.3 Å². The van der Waals surface area contributed by atoms with Crippen molar-refractivity contribution in [1.82, 2.24) is 10.2 Å². The van der Waals surface area contributed by atoms with Crippen LogP contribution in [0.5, 0.6) is 5.75 Å². The maximum atomic E-state index is 13.7. The van der Waals surface area contributed by atoms with E-state index < -0.39 is 33.4 Å². The van der Waals surface area contributed by atoms with Gasteiger partial charge in [0.15, 0.2) is 0 Å². The third-order valence-electron chi connectivity index (χ3n) is 5.49. The Morgan fingerprint density at radius 3 is 2.39 bits per heavy atom. The van der Waals surface area contributed by atoms with Crippen molar-refractivity contribution in [3.8, 4) is 5.75 Å². The Labute approximate surface area is 211 Å². The number of anilines is 1. The number of likely N-dealkylation sites (N-methyl/N-ethyl adjacent to an activating group) is 1. The van der Waals surface area contributed by atoms with Gasteiger partial charge in [-0.1, -0.05) is 36.8 Å². The molecule has 196 valence electrons. The van der Waals surface area contributed by atoms with Crippen LogP contribution < -0.4 is 14.4 Å². The van der Waals surface area contributed by atoms with Crippen LogP contribution in [0.15, 0.2) is 42.5 Å². The summed E-state index contributed by atoms with van der Waals surface area (Å²) in [6.45, 7) is 5.17. The van der Waals surface area contributed by atoms with Crippen LogP contribution in [0.3, 0.4) is 0 Å². The van der Waals surface area contributed by atoms with Crippen molar-refractivity contribution in [2.24, 2.45) is 0 Å². The molecular weight excluding hydrogens is 488 g/mol. The fourth-order valence-electron chi connectivity index (χ4n) is 3.80. The molecule has 0 spiro atoms. The summed E-state index contributed by atoms with van der Waals surface area (Å²) >= 11 is 0. The lowest BCUT2D eigenvalue weighted by Crippen LogP contribution is -2.52. The summed E-state index contributed by atoms with van der Waals surface area (Å²) in [4.78, 5) is 38.5. The third-order valence-corrected chi connectivity index (χ3v) is 6.62. The average Bonchev–Trinajstić information content (AvgIpc) is 2.81. The normalized spacial score (nSPS) is 11.9. The van der Waals surface area contributed by atoms with Crippen LogP contribution in [0.2, 0.25) is 0 Å². The van der Waals surface area contributed by atoms with E-state index in [2.05, 4.69) is 5.32 Å². The number of carbonyl (C=O) groups excluding carboxylic acids is 2. The quantitative estimate of drug-likeness (QED) is 0.335. The highest BCUT2D eigenvalue weighted by molar-refractivity contribution is 7.92. The van der Waals surface area contributed by atoms with Gasteiger partial charge in [-0.3, -0.25) is 24.0 Å². The second-order valence-corrected chi connectivity index (χ2v) is 10.1. The molecule has 2 aromatic rings. The first-order chi connectivity index (χ1) is 16.9. The lowest BCUT2D eigenvalue weighted by molar-refractivity contribution is -0.384. The van der Waals surface area contributed by atoms with Gasteiger partial charge < -0.3 is 15.0 Å². The molecule has 0 saturated carbocycles. The first-order valence-electron chi connectivity index (χ1n) is 11.4. The van der Waals surface area contributed by atoms with Gasteiger partial charge in [0.1, 0.15) is 24.0 Å². The number of sulfonamides is 1. The van der Waals surface area contributed by atoms with Gasteiger partial charge in [0, 0.05) is 25.2 Å². The van der Waals surface area contributed by atoms with Crippen molar-refractivity contribution in [3.63, 3.8) is 0 Å². The van der Waals surface area contributed by atoms with E-state index >= 15 is 0 Å². The molecular formula is C24H32N4O7S. The Morgan fingerprint density at radius 2 is 1.86 bits per heavy atom. The minimum Gasteiger partial charge on any atom is -0.495 e. The topological polar surface area (TPSA) is 139 Å². The molecule has 0 aliphatic heterocycles. The molecule has 1 atom stereocenters. The number of rotatable bonds is 12. The van der Waals surface area contributed by atoms with Crippen molar-refractivity contribution in [2.45, 2.75) is 39.8 Å². The molecule has 12 heteroatoms. The number of carbonyl (C=O) groups is 2. The molecule has 0 bridgehead atoms. The van der Waals surface area contributed by atoms with Gasteiger partial charge in [-0.15, -0.1) is 0 Å². The summed E-state index contributed by atoms with van der Waals surface area (Å²) in [5.41, 5.74) is 1.22. The number of aryl methyl sites for hydroxylation is 1. The van der Waals surface area contributed by atoms with Crippen molar-refractivity contribution in [3.05, 3.63) is 63.7 Å².